The van der Waals surface area contributed by atoms with E-state index >= 15 is 0 Å². The topological polar surface area (TPSA) is 37.4 Å². The van der Waals surface area contributed by atoms with Crippen molar-refractivity contribution in [2.45, 2.75) is 44.6 Å². The maximum absolute atomic E-state index is 13.1. The second-order valence-corrected chi connectivity index (χ2v) is 6.92. The molecule has 0 amide bonds. The van der Waals surface area contributed by atoms with E-state index in [9.17, 15) is 12.8 Å². The zero-order valence-electron chi connectivity index (χ0n) is 12.1. The Bertz CT molecular complexity index is 544. The fraction of sp³-hybridized carbons (Fsp3) is 0.571. The normalized spacial score (nSPS) is 12.3. The van der Waals surface area contributed by atoms with Gasteiger partial charge >= 0.3 is 0 Å². The fourth-order valence-corrected chi connectivity index (χ4v) is 4.57. The molecule has 0 unspecified atom stereocenters. The highest BCUT2D eigenvalue weighted by atomic mass is 35.5. The molecule has 0 aliphatic heterocycles. The Hall–Kier alpha value is -0.650. The number of rotatable bonds is 7. The number of nitrogens with zero attached hydrogens (tertiary/aromatic N) is 1. The molecule has 1 rings (SSSR count). The van der Waals surface area contributed by atoms with E-state index in [-0.39, 0.29) is 23.4 Å². The predicted molar refractivity (Wildman–Crippen MR) is 80.1 cm³/mol. The smallest absolute Gasteiger partial charge is 0.207 e. The van der Waals surface area contributed by atoms with Gasteiger partial charge in [0.15, 0.2) is 0 Å². The Morgan fingerprint density at radius 2 is 1.90 bits per heavy atom. The second-order valence-electron chi connectivity index (χ2n) is 4.68. The molecule has 20 heavy (non-hydrogen) atoms. The lowest BCUT2D eigenvalue weighted by molar-refractivity contribution is 0.316. The molecule has 3 nitrogen and oxygen atoms in total. The van der Waals surface area contributed by atoms with Gasteiger partial charge in [-0.3, -0.25) is 0 Å². The van der Waals surface area contributed by atoms with E-state index in [0.29, 0.717) is 18.4 Å². The first-order valence-electron chi connectivity index (χ1n) is 6.72. The summed E-state index contributed by atoms with van der Waals surface area (Å²) in [4.78, 5) is 0.149. The van der Waals surface area contributed by atoms with Crippen molar-refractivity contribution in [1.82, 2.24) is 4.31 Å². The first-order chi connectivity index (χ1) is 9.38. The molecule has 0 radical (unpaired) electrons. The third-order valence-electron chi connectivity index (χ3n) is 3.38. The summed E-state index contributed by atoms with van der Waals surface area (Å²) in [6.45, 7) is 5.75. The first-order valence-corrected chi connectivity index (χ1v) is 8.69. The van der Waals surface area contributed by atoms with Crippen molar-refractivity contribution in [1.29, 1.82) is 0 Å². The maximum Gasteiger partial charge on any atom is 0.243 e. The zero-order valence-corrected chi connectivity index (χ0v) is 13.6. The zero-order chi connectivity index (χ0) is 15.3. The molecule has 0 saturated carbocycles. The predicted octanol–water partition coefficient (Wildman–Crippen LogP) is 3.55. The van der Waals surface area contributed by atoms with Crippen molar-refractivity contribution in [2.24, 2.45) is 0 Å². The van der Waals surface area contributed by atoms with E-state index in [4.69, 9.17) is 11.6 Å². The molecule has 6 heteroatoms. The summed E-state index contributed by atoms with van der Waals surface area (Å²) in [5, 5.41) is 0. The molecule has 0 aromatic heterocycles. The van der Waals surface area contributed by atoms with Gasteiger partial charge in [-0.15, -0.1) is 11.6 Å². The van der Waals surface area contributed by atoms with E-state index < -0.39 is 15.8 Å². The highest BCUT2D eigenvalue weighted by Crippen LogP contribution is 2.24. The Morgan fingerprint density at radius 1 is 1.30 bits per heavy atom. The largest absolute Gasteiger partial charge is 0.243 e. The average molecular weight is 322 g/mol. The molecule has 0 spiro atoms. The highest BCUT2D eigenvalue weighted by molar-refractivity contribution is 7.89. The number of hydrogen-bond acceptors (Lipinski definition) is 2. The molecule has 0 aliphatic rings. The molecule has 114 valence electrons. The van der Waals surface area contributed by atoms with Crippen molar-refractivity contribution in [3.8, 4) is 0 Å². The summed E-state index contributed by atoms with van der Waals surface area (Å²) >= 11 is 5.75. The molecule has 0 bridgehead atoms. The SMILES string of the molecule is CCC(CC)N(CCCl)S(=O)(=O)c1ccc(F)cc1C. The van der Waals surface area contributed by atoms with Gasteiger partial charge in [-0.05, 0) is 43.5 Å². The summed E-state index contributed by atoms with van der Waals surface area (Å²) < 4.78 is 40.1. The molecule has 0 N–H and O–H groups in total. The molecule has 1 aromatic rings. The van der Waals surface area contributed by atoms with Gasteiger partial charge < -0.3 is 0 Å². The van der Waals surface area contributed by atoms with Crippen LogP contribution in [0.3, 0.4) is 0 Å². The monoisotopic (exact) mass is 321 g/mol. The summed E-state index contributed by atoms with van der Waals surface area (Å²) in [6, 6.07) is 3.64. The van der Waals surface area contributed by atoms with Gasteiger partial charge in [0.1, 0.15) is 5.82 Å². The lowest BCUT2D eigenvalue weighted by atomic mass is 10.2. The number of alkyl halides is 1. The molecule has 0 fully saturated rings. The van der Waals surface area contributed by atoms with Crippen LogP contribution in [0.25, 0.3) is 0 Å². The lowest BCUT2D eigenvalue weighted by Gasteiger charge is -2.29. The summed E-state index contributed by atoms with van der Waals surface area (Å²) in [5.74, 6) is -0.205. The second kappa shape index (κ2) is 7.38. The van der Waals surface area contributed by atoms with Crippen LogP contribution in [0.4, 0.5) is 4.39 Å². The van der Waals surface area contributed by atoms with Crippen LogP contribution in [-0.2, 0) is 10.0 Å². The van der Waals surface area contributed by atoms with Gasteiger partial charge in [0.05, 0.1) is 4.90 Å². The Morgan fingerprint density at radius 3 is 2.35 bits per heavy atom. The minimum atomic E-state index is -3.65. The summed E-state index contributed by atoms with van der Waals surface area (Å²) in [7, 11) is -3.65. The van der Waals surface area contributed by atoms with Gasteiger partial charge in [-0.25, -0.2) is 12.8 Å². The van der Waals surface area contributed by atoms with Crippen LogP contribution in [0.1, 0.15) is 32.3 Å². The van der Waals surface area contributed by atoms with Gasteiger partial charge in [0.2, 0.25) is 10.0 Å². The van der Waals surface area contributed by atoms with Gasteiger partial charge in [0.25, 0.3) is 0 Å². The Balaban J connectivity index is 3.28. The van der Waals surface area contributed by atoms with Crippen LogP contribution in [0.2, 0.25) is 0 Å². The van der Waals surface area contributed by atoms with Crippen LogP contribution >= 0.6 is 11.6 Å². The molecule has 0 heterocycles. The third kappa shape index (κ3) is 3.71. The molecule has 0 aliphatic carbocycles. The van der Waals surface area contributed by atoms with Gasteiger partial charge in [0, 0.05) is 18.5 Å². The standard InChI is InChI=1S/C14H21ClFNO2S/c1-4-13(5-2)17(9-8-15)20(18,19)14-7-6-12(16)10-11(14)3/h6-7,10,13H,4-5,8-9H2,1-3H3. The van der Waals surface area contributed by atoms with E-state index in [2.05, 4.69) is 0 Å². The van der Waals surface area contributed by atoms with Crippen molar-refractivity contribution >= 4 is 21.6 Å². The maximum atomic E-state index is 13.1. The lowest BCUT2D eigenvalue weighted by Crippen LogP contribution is -2.41. The van der Waals surface area contributed by atoms with E-state index in [1.165, 1.54) is 22.5 Å². The van der Waals surface area contributed by atoms with E-state index in [0.717, 1.165) is 0 Å². The first kappa shape index (κ1) is 17.4. The van der Waals surface area contributed by atoms with Crippen LogP contribution in [0.5, 0.6) is 0 Å². The number of sulfonamides is 1. The van der Waals surface area contributed by atoms with Crippen molar-refractivity contribution in [3.05, 3.63) is 29.6 Å². The quantitative estimate of drug-likeness (QED) is 0.720. The van der Waals surface area contributed by atoms with Crippen LogP contribution in [0.15, 0.2) is 23.1 Å². The Labute approximate surface area is 125 Å². The number of halogens is 2. The number of benzene rings is 1. The van der Waals surface area contributed by atoms with Crippen molar-refractivity contribution in [3.63, 3.8) is 0 Å². The average Bonchev–Trinajstić information content (AvgIpc) is 2.38. The highest BCUT2D eigenvalue weighted by Gasteiger charge is 2.30. The summed E-state index contributed by atoms with van der Waals surface area (Å²) in [5.41, 5.74) is 0.413. The summed E-state index contributed by atoms with van der Waals surface area (Å²) in [6.07, 6.45) is 1.43. The van der Waals surface area contributed by atoms with Crippen molar-refractivity contribution < 1.29 is 12.8 Å². The van der Waals surface area contributed by atoms with Crippen molar-refractivity contribution in [2.75, 3.05) is 12.4 Å². The number of hydrogen-bond donors (Lipinski definition) is 0. The van der Waals surface area contributed by atoms with E-state index in [1.54, 1.807) is 6.92 Å². The molecule has 0 saturated heterocycles. The van der Waals surface area contributed by atoms with Gasteiger partial charge in [-0.1, -0.05) is 13.8 Å². The Kier molecular flexibility index (Phi) is 6.43. The molecular formula is C14H21ClFNO2S. The molecular weight excluding hydrogens is 301 g/mol. The van der Waals surface area contributed by atoms with E-state index in [1.807, 2.05) is 13.8 Å². The van der Waals surface area contributed by atoms with Gasteiger partial charge in [-0.2, -0.15) is 4.31 Å². The van der Waals surface area contributed by atoms with Crippen LogP contribution in [-0.4, -0.2) is 31.2 Å². The minimum absolute atomic E-state index is 0.0943. The van der Waals surface area contributed by atoms with Crippen LogP contribution in [0, 0.1) is 12.7 Å². The van der Waals surface area contributed by atoms with Crippen LogP contribution < -0.4 is 0 Å². The number of aryl methyl sites for hydroxylation is 1. The third-order valence-corrected chi connectivity index (χ3v) is 5.66. The molecule has 0 atom stereocenters. The molecule has 1 aromatic carbocycles. The fourth-order valence-electron chi connectivity index (χ4n) is 2.31. The minimum Gasteiger partial charge on any atom is -0.207 e.